The monoisotopic (exact) mass is 220 g/mol. The minimum absolute atomic E-state index is 0.282. The van der Waals surface area contributed by atoms with Gasteiger partial charge in [-0.25, -0.2) is 0 Å². The molecule has 0 amide bonds. The fourth-order valence-corrected chi connectivity index (χ4v) is 1.10. The molecular formula is C11H10NO4-. The van der Waals surface area contributed by atoms with Crippen LogP contribution in [0.5, 0.6) is 11.5 Å². The zero-order chi connectivity index (χ0) is 12.0. The molecule has 0 aliphatic carbocycles. The van der Waals surface area contributed by atoms with Crippen LogP contribution in [0.4, 0.5) is 0 Å². The van der Waals surface area contributed by atoms with Crippen LogP contribution in [0.15, 0.2) is 18.2 Å². The lowest BCUT2D eigenvalue weighted by molar-refractivity contribution is -0.307. The number of carbonyl (C=O) groups excluding carboxylic acids is 1. The van der Waals surface area contributed by atoms with E-state index in [1.165, 1.54) is 18.2 Å². The molecule has 0 radical (unpaired) electrons. The molecule has 0 aromatic heterocycles. The first-order valence-electron chi connectivity index (χ1n) is 4.67. The number of aliphatic carboxylic acids is 1. The third-order valence-electron chi connectivity index (χ3n) is 1.72. The number of nitriles is 1. The molecule has 0 aliphatic rings. The largest absolute Gasteiger partial charge is 0.546 e. The molecule has 0 saturated carbocycles. The van der Waals surface area contributed by atoms with Crippen molar-refractivity contribution in [3.63, 3.8) is 0 Å². The van der Waals surface area contributed by atoms with E-state index in [0.717, 1.165) is 0 Å². The summed E-state index contributed by atoms with van der Waals surface area (Å²) in [6.45, 7) is 1.63. The molecule has 1 rings (SSSR count). The molecule has 0 N–H and O–H groups in total. The molecule has 0 heterocycles. The maximum atomic E-state index is 10.2. The summed E-state index contributed by atoms with van der Waals surface area (Å²) in [6.07, 6.45) is 0. The average molecular weight is 220 g/mol. The second-order valence-electron chi connectivity index (χ2n) is 2.87. The first-order valence-corrected chi connectivity index (χ1v) is 4.67. The topological polar surface area (TPSA) is 82.4 Å². The maximum Gasteiger partial charge on any atom is 0.162 e. The normalized spacial score (nSPS) is 9.25. The molecule has 0 spiro atoms. The van der Waals surface area contributed by atoms with Crippen molar-refractivity contribution in [1.82, 2.24) is 0 Å². The van der Waals surface area contributed by atoms with Gasteiger partial charge >= 0.3 is 0 Å². The highest BCUT2D eigenvalue weighted by atomic mass is 16.5. The Kier molecular flexibility index (Phi) is 4.16. The van der Waals surface area contributed by atoms with Crippen molar-refractivity contribution in [1.29, 1.82) is 5.26 Å². The van der Waals surface area contributed by atoms with Gasteiger partial charge in [0.1, 0.15) is 6.61 Å². The van der Waals surface area contributed by atoms with Crippen molar-refractivity contribution < 1.29 is 19.4 Å². The highest BCUT2D eigenvalue weighted by Gasteiger charge is 2.06. The van der Waals surface area contributed by atoms with Gasteiger partial charge in [0.25, 0.3) is 0 Å². The number of carboxylic acid groups (broad SMARTS) is 1. The standard InChI is InChI=1S/C11H11NO4/c1-2-15-10-5-8(6-12)3-4-9(10)16-7-11(13)14/h3-5H,2,7H2,1H3,(H,13,14)/p-1. The summed E-state index contributed by atoms with van der Waals surface area (Å²) >= 11 is 0. The Morgan fingerprint density at radius 3 is 2.75 bits per heavy atom. The lowest BCUT2D eigenvalue weighted by Gasteiger charge is -2.12. The van der Waals surface area contributed by atoms with Gasteiger partial charge in [0.2, 0.25) is 0 Å². The van der Waals surface area contributed by atoms with E-state index in [1.807, 2.05) is 6.07 Å². The van der Waals surface area contributed by atoms with Gasteiger partial charge in [0.05, 0.1) is 24.2 Å². The second kappa shape index (κ2) is 5.61. The first-order chi connectivity index (χ1) is 7.67. The van der Waals surface area contributed by atoms with Gasteiger partial charge in [0, 0.05) is 6.07 Å². The summed E-state index contributed by atoms with van der Waals surface area (Å²) in [6, 6.07) is 6.46. The Morgan fingerprint density at radius 1 is 1.44 bits per heavy atom. The van der Waals surface area contributed by atoms with Gasteiger partial charge in [-0.2, -0.15) is 5.26 Å². The van der Waals surface area contributed by atoms with Crippen LogP contribution in [0.25, 0.3) is 0 Å². The lowest BCUT2D eigenvalue weighted by atomic mass is 10.2. The number of hydrogen-bond acceptors (Lipinski definition) is 5. The molecule has 0 fully saturated rings. The molecule has 0 aliphatic heterocycles. The zero-order valence-corrected chi connectivity index (χ0v) is 8.73. The van der Waals surface area contributed by atoms with Crippen molar-refractivity contribution in [2.24, 2.45) is 0 Å². The van der Waals surface area contributed by atoms with Crippen LogP contribution >= 0.6 is 0 Å². The first kappa shape index (κ1) is 11.9. The van der Waals surface area contributed by atoms with E-state index < -0.39 is 12.6 Å². The molecule has 84 valence electrons. The Hall–Kier alpha value is -2.22. The van der Waals surface area contributed by atoms with Gasteiger partial charge in [-0.15, -0.1) is 0 Å². The van der Waals surface area contributed by atoms with Crippen molar-refractivity contribution in [3.05, 3.63) is 23.8 Å². The highest BCUT2D eigenvalue weighted by molar-refractivity contribution is 5.66. The fraction of sp³-hybridized carbons (Fsp3) is 0.273. The molecule has 5 heteroatoms. The van der Waals surface area contributed by atoms with E-state index in [-0.39, 0.29) is 5.75 Å². The van der Waals surface area contributed by atoms with Crippen molar-refractivity contribution in [2.45, 2.75) is 6.92 Å². The van der Waals surface area contributed by atoms with Crippen LogP contribution in [-0.4, -0.2) is 19.2 Å². The number of ether oxygens (including phenoxy) is 2. The van der Waals surface area contributed by atoms with E-state index in [0.29, 0.717) is 17.9 Å². The van der Waals surface area contributed by atoms with Gasteiger partial charge in [-0.3, -0.25) is 0 Å². The summed E-state index contributed by atoms with van der Waals surface area (Å²) in [5.74, 6) is -0.681. The quantitative estimate of drug-likeness (QED) is 0.702. The smallest absolute Gasteiger partial charge is 0.162 e. The van der Waals surface area contributed by atoms with Crippen molar-refractivity contribution in [2.75, 3.05) is 13.2 Å². The lowest BCUT2D eigenvalue weighted by Crippen LogP contribution is -2.29. The fourth-order valence-electron chi connectivity index (χ4n) is 1.10. The molecule has 0 saturated heterocycles. The van der Waals surface area contributed by atoms with Gasteiger partial charge in [0.15, 0.2) is 11.5 Å². The second-order valence-corrected chi connectivity index (χ2v) is 2.87. The molecule has 0 bridgehead atoms. The number of hydrogen-bond donors (Lipinski definition) is 0. The maximum absolute atomic E-state index is 10.2. The van der Waals surface area contributed by atoms with Crippen LogP contribution in [-0.2, 0) is 4.79 Å². The number of carbonyl (C=O) groups is 1. The minimum Gasteiger partial charge on any atom is -0.546 e. The van der Waals surface area contributed by atoms with E-state index in [9.17, 15) is 9.90 Å². The van der Waals surface area contributed by atoms with Gasteiger partial charge in [-0.05, 0) is 19.1 Å². The Morgan fingerprint density at radius 2 is 2.19 bits per heavy atom. The molecule has 0 unspecified atom stereocenters. The third-order valence-corrected chi connectivity index (χ3v) is 1.72. The van der Waals surface area contributed by atoms with Crippen molar-refractivity contribution in [3.8, 4) is 17.6 Å². The number of rotatable bonds is 5. The highest BCUT2D eigenvalue weighted by Crippen LogP contribution is 2.28. The average Bonchev–Trinajstić information content (AvgIpc) is 2.27. The van der Waals surface area contributed by atoms with E-state index in [4.69, 9.17) is 14.7 Å². The zero-order valence-electron chi connectivity index (χ0n) is 8.73. The predicted octanol–water partition coefficient (Wildman–Crippen LogP) is 0.0857. The number of carboxylic acids is 1. The van der Waals surface area contributed by atoms with E-state index in [1.54, 1.807) is 6.92 Å². The van der Waals surface area contributed by atoms with Gasteiger partial charge < -0.3 is 19.4 Å². The molecular weight excluding hydrogens is 210 g/mol. The van der Waals surface area contributed by atoms with E-state index in [2.05, 4.69) is 0 Å². The van der Waals surface area contributed by atoms with Crippen LogP contribution in [0.3, 0.4) is 0 Å². The minimum atomic E-state index is -1.31. The molecule has 0 atom stereocenters. The Balaban J connectivity index is 2.89. The molecule has 1 aromatic carbocycles. The molecule has 16 heavy (non-hydrogen) atoms. The van der Waals surface area contributed by atoms with Crippen molar-refractivity contribution >= 4 is 5.97 Å². The SMILES string of the molecule is CCOc1cc(C#N)ccc1OCC(=O)[O-]. The summed E-state index contributed by atoms with van der Waals surface area (Å²) in [5, 5.41) is 18.9. The van der Waals surface area contributed by atoms with Crippen LogP contribution in [0, 0.1) is 11.3 Å². The third kappa shape index (κ3) is 3.17. The molecule has 1 aromatic rings. The summed E-state index contributed by atoms with van der Waals surface area (Å²) < 4.78 is 10.2. The van der Waals surface area contributed by atoms with Crippen LogP contribution in [0.2, 0.25) is 0 Å². The number of benzene rings is 1. The summed E-state index contributed by atoms with van der Waals surface area (Å²) in [4.78, 5) is 10.2. The van der Waals surface area contributed by atoms with Crippen LogP contribution in [0.1, 0.15) is 12.5 Å². The van der Waals surface area contributed by atoms with Crippen LogP contribution < -0.4 is 14.6 Å². The van der Waals surface area contributed by atoms with E-state index >= 15 is 0 Å². The Bertz CT molecular complexity index is 422. The predicted molar refractivity (Wildman–Crippen MR) is 52.8 cm³/mol. The number of nitrogens with zero attached hydrogens (tertiary/aromatic N) is 1. The summed E-state index contributed by atoms with van der Waals surface area (Å²) in [7, 11) is 0. The Labute approximate surface area is 92.8 Å². The van der Waals surface area contributed by atoms with Gasteiger partial charge in [-0.1, -0.05) is 0 Å². The summed E-state index contributed by atoms with van der Waals surface area (Å²) in [5.41, 5.74) is 0.421. The molecule has 5 nitrogen and oxygen atoms in total.